The summed E-state index contributed by atoms with van der Waals surface area (Å²) in [6.45, 7) is 8.29. The fourth-order valence-electron chi connectivity index (χ4n) is 4.22. The van der Waals surface area contributed by atoms with Crippen LogP contribution in [0.25, 0.3) is 5.65 Å². The predicted octanol–water partition coefficient (Wildman–Crippen LogP) is 2.21. The van der Waals surface area contributed by atoms with Gasteiger partial charge in [-0.1, -0.05) is 45.0 Å². The molecule has 0 N–H and O–H groups in total. The highest BCUT2D eigenvalue weighted by atomic mass is 16.5. The summed E-state index contributed by atoms with van der Waals surface area (Å²) in [5, 5.41) is 13.3. The van der Waals surface area contributed by atoms with Gasteiger partial charge < -0.3 is 14.5 Å². The number of aromatic nitrogens is 4. The van der Waals surface area contributed by atoms with E-state index in [1.165, 1.54) is 11.1 Å². The minimum absolute atomic E-state index is 0.0522. The number of carbonyl (C=O) groups excluding carboxylic acids is 1. The molecule has 1 atom stereocenters. The Labute approximate surface area is 181 Å². The molecule has 162 valence electrons. The second kappa shape index (κ2) is 7.30. The molecule has 1 saturated heterocycles. The predicted molar refractivity (Wildman–Crippen MR) is 117 cm³/mol. The Morgan fingerprint density at radius 1 is 1.10 bits per heavy atom. The topological polar surface area (TPSA) is 75.9 Å². The van der Waals surface area contributed by atoms with Gasteiger partial charge in [0, 0.05) is 32.0 Å². The first kappa shape index (κ1) is 19.9. The number of hydrogen-bond acceptors (Lipinski definition) is 6. The van der Waals surface area contributed by atoms with Crippen molar-refractivity contribution < 1.29 is 9.53 Å². The van der Waals surface area contributed by atoms with E-state index in [1.807, 2.05) is 40.7 Å². The number of amides is 1. The molecule has 0 bridgehead atoms. The van der Waals surface area contributed by atoms with Crippen LogP contribution in [0.5, 0.6) is 0 Å². The molecule has 0 aliphatic carbocycles. The van der Waals surface area contributed by atoms with Crippen LogP contribution in [0.2, 0.25) is 0 Å². The summed E-state index contributed by atoms with van der Waals surface area (Å²) < 4.78 is 7.69. The maximum absolute atomic E-state index is 13.0. The van der Waals surface area contributed by atoms with E-state index in [0.717, 1.165) is 30.4 Å². The van der Waals surface area contributed by atoms with E-state index in [1.54, 1.807) is 0 Å². The Morgan fingerprint density at radius 3 is 2.58 bits per heavy atom. The van der Waals surface area contributed by atoms with E-state index in [2.05, 4.69) is 48.0 Å². The van der Waals surface area contributed by atoms with Crippen molar-refractivity contribution in [3.63, 3.8) is 0 Å². The number of anilines is 1. The Balaban J connectivity index is 1.25. The lowest BCUT2D eigenvalue weighted by Crippen LogP contribution is -2.61. The number of ether oxygens (including phenoxy) is 1. The van der Waals surface area contributed by atoms with Crippen molar-refractivity contribution in [1.29, 1.82) is 0 Å². The van der Waals surface area contributed by atoms with E-state index in [9.17, 15) is 4.79 Å². The van der Waals surface area contributed by atoms with Crippen LogP contribution in [0.4, 0.5) is 5.82 Å². The van der Waals surface area contributed by atoms with Crippen LogP contribution in [0.1, 0.15) is 37.7 Å². The molecule has 2 aliphatic rings. The molecule has 1 unspecified atom stereocenters. The van der Waals surface area contributed by atoms with Crippen LogP contribution < -0.4 is 4.90 Å². The van der Waals surface area contributed by atoms with Crippen molar-refractivity contribution in [2.24, 2.45) is 0 Å². The van der Waals surface area contributed by atoms with E-state index in [4.69, 9.17) is 9.84 Å². The Bertz CT molecular complexity index is 1130. The molecule has 5 rings (SSSR count). The molecule has 0 saturated carbocycles. The van der Waals surface area contributed by atoms with Crippen LogP contribution in [0.3, 0.4) is 0 Å². The van der Waals surface area contributed by atoms with Gasteiger partial charge in [-0.15, -0.1) is 15.3 Å². The smallest absolute Gasteiger partial charge is 0.252 e. The third-order valence-corrected chi connectivity index (χ3v) is 6.24. The summed E-state index contributed by atoms with van der Waals surface area (Å²) >= 11 is 0. The first-order valence-corrected chi connectivity index (χ1v) is 10.7. The van der Waals surface area contributed by atoms with Gasteiger partial charge in [-0.05, 0) is 23.3 Å². The lowest BCUT2D eigenvalue weighted by Gasteiger charge is -2.45. The Morgan fingerprint density at radius 2 is 1.84 bits per heavy atom. The fraction of sp³-hybridized carbons (Fsp3) is 0.478. The number of benzene rings is 1. The third kappa shape index (κ3) is 3.54. The van der Waals surface area contributed by atoms with E-state index in [0.29, 0.717) is 13.0 Å². The van der Waals surface area contributed by atoms with Crippen molar-refractivity contribution in [2.45, 2.75) is 51.4 Å². The van der Waals surface area contributed by atoms with Crippen LogP contribution in [0.15, 0.2) is 36.4 Å². The molecule has 1 aromatic carbocycles. The second-order valence-electron chi connectivity index (χ2n) is 9.52. The summed E-state index contributed by atoms with van der Waals surface area (Å²) in [6, 6.07) is 12.2. The number of fused-ring (bicyclic) bond motifs is 2. The SMILES string of the molecule is CN(C(=O)C1Cc2ccccc2CO1)C1CN(c2ccc3nnc(C(C)(C)C)n3n2)C1. The molecule has 1 fully saturated rings. The van der Waals surface area contributed by atoms with Crippen molar-refractivity contribution >= 4 is 17.4 Å². The highest BCUT2D eigenvalue weighted by Crippen LogP contribution is 2.26. The fourth-order valence-corrected chi connectivity index (χ4v) is 4.22. The highest BCUT2D eigenvalue weighted by molar-refractivity contribution is 5.82. The average Bonchev–Trinajstić information content (AvgIpc) is 3.15. The van der Waals surface area contributed by atoms with Crippen LogP contribution in [-0.2, 0) is 28.0 Å². The summed E-state index contributed by atoms with van der Waals surface area (Å²) in [6.07, 6.45) is 0.229. The van der Waals surface area contributed by atoms with Crippen LogP contribution >= 0.6 is 0 Å². The third-order valence-electron chi connectivity index (χ3n) is 6.24. The standard InChI is InChI=1S/C23H28N6O2/c1-23(2,3)22-25-24-19-9-10-20(26-29(19)22)28-12-17(13-28)27(4)21(30)18-11-15-7-5-6-8-16(15)14-31-18/h5-10,17-18H,11-14H2,1-4H3. The molecule has 8 heteroatoms. The van der Waals surface area contributed by atoms with Gasteiger partial charge in [0.1, 0.15) is 11.9 Å². The number of carbonyl (C=O) groups is 1. The molecule has 2 aliphatic heterocycles. The molecule has 0 radical (unpaired) electrons. The molecule has 31 heavy (non-hydrogen) atoms. The zero-order valence-corrected chi connectivity index (χ0v) is 18.4. The lowest BCUT2D eigenvalue weighted by atomic mass is 9.96. The zero-order chi connectivity index (χ0) is 21.8. The Kier molecular flexibility index (Phi) is 4.69. The number of nitrogens with zero attached hydrogens (tertiary/aromatic N) is 6. The van der Waals surface area contributed by atoms with Gasteiger partial charge in [0.2, 0.25) is 0 Å². The van der Waals surface area contributed by atoms with Gasteiger partial charge in [0.15, 0.2) is 11.5 Å². The molecule has 1 amide bonds. The molecule has 2 aromatic heterocycles. The van der Waals surface area contributed by atoms with E-state index >= 15 is 0 Å². The highest BCUT2D eigenvalue weighted by Gasteiger charge is 2.37. The van der Waals surface area contributed by atoms with Crippen molar-refractivity contribution in [1.82, 2.24) is 24.7 Å². The maximum Gasteiger partial charge on any atom is 0.252 e. The van der Waals surface area contributed by atoms with Gasteiger partial charge in [0.05, 0.1) is 12.6 Å². The van der Waals surface area contributed by atoms with Gasteiger partial charge in [-0.25, -0.2) is 0 Å². The summed E-state index contributed by atoms with van der Waals surface area (Å²) in [4.78, 5) is 17.0. The van der Waals surface area contributed by atoms with E-state index in [-0.39, 0.29) is 17.4 Å². The number of likely N-dealkylation sites (N-methyl/N-ethyl adjacent to an activating group) is 1. The summed E-state index contributed by atoms with van der Waals surface area (Å²) in [5.74, 6) is 1.76. The largest absolute Gasteiger partial charge is 0.363 e. The first-order valence-electron chi connectivity index (χ1n) is 10.7. The minimum Gasteiger partial charge on any atom is -0.363 e. The normalized spacial score (nSPS) is 19.2. The van der Waals surface area contributed by atoms with Gasteiger partial charge in [-0.2, -0.15) is 4.52 Å². The molecule has 8 nitrogen and oxygen atoms in total. The van der Waals surface area contributed by atoms with Crippen molar-refractivity contribution in [2.75, 3.05) is 25.0 Å². The molecule has 3 aromatic rings. The second-order valence-corrected chi connectivity index (χ2v) is 9.52. The van der Waals surface area contributed by atoms with Crippen molar-refractivity contribution in [3.8, 4) is 0 Å². The van der Waals surface area contributed by atoms with Crippen LogP contribution in [0, 0.1) is 0 Å². The van der Waals surface area contributed by atoms with Crippen LogP contribution in [-0.4, -0.2) is 62.9 Å². The van der Waals surface area contributed by atoms with Gasteiger partial charge in [-0.3, -0.25) is 4.79 Å². The lowest BCUT2D eigenvalue weighted by molar-refractivity contribution is -0.146. The zero-order valence-electron chi connectivity index (χ0n) is 18.4. The average molecular weight is 421 g/mol. The molecular formula is C23H28N6O2. The van der Waals surface area contributed by atoms with Gasteiger partial charge >= 0.3 is 0 Å². The Hall–Kier alpha value is -3.00. The minimum atomic E-state index is -0.408. The quantitative estimate of drug-likeness (QED) is 0.647. The summed E-state index contributed by atoms with van der Waals surface area (Å²) in [7, 11) is 1.88. The monoisotopic (exact) mass is 420 g/mol. The number of rotatable bonds is 3. The summed E-state index contributed by atoms with van der Waals surface area (Å²) in [5.41, 5.74) is 2.98. The number of hydrogen-bond donors (Lipinski definition) is 0. The van der Waals surface area contributed by atoms with Gasteiger partial charge in [0.25, 0.3) is 5.91 Å². The first-order chi connectivity index (χ1) is 14.8. The maximum atomic E-state index is 13.0. The molecule has 0 spiro atoms. The molecule has 4 heterocycles. The van der Waals surface area contributed by atoms with Crippen molar-refractivity contribution in [3.05, 3.63) is 53.3 Å². The molecular weight excluding hydrogens is 392 g/mol. The van der Waals surface area contributed by atoms with E-state index < -0.39 is 6.10 Å².